The van der Waals surface area contributed by atoms with Crippen LogP contribution in [-0.2, 0) is 16.0 Å². The molecule has 1 N–H and O–H groups in total. The highest BCUT2D eigenvalue weighted by atomic mass is 35.5. The van der Waals surface area contributed by atoms with Gasteiger partial charge in [-0.2, -0.15) is 0 Å². The lowest BCUT2D eigenvalue weighted by Crippen LogP contribution is -2.29. The average molecular weight is 533 g/mol. The fourth-order valence-electron chi connectivity index (χ4n) is 4.65. The van der Waals surface area contributed by atoms with Gasteiger partial charge in [-0.25, -0.2) is 4.98 Å². The summed E-state index contributed by atoms with van der Waals surface area (Å²) in [4.78, 5) is 33.0. The summed E-state index contributed by atoms with van der Waals surface area (Å²) in [6, 6.07) is 16.9. The minimum absolute atomic E-state index is 0.0440. The van der Waals surface area contributed by atoms with Crippen molar-refractivity contribution in [3.05, 3.63) is 87.9 Å². The normalized spacial score (nSPS) is 18.5. The van der Waals surface area contributed by atoms with Crippen LogP contribution in [0.3, 0.4) is 0 Å². The summed E-state index contributed by atoms with van der Waals surface area (Å²) in [5, 5.41) is 12.2. The lowest BCUT2D eigenvalue weighted by atomic mass is 9.95. The monoisotopic (exact) mass is 532 g/mol. The summed E-state index contributed by atoms with van der Waals surface area (Å²) >= 11 is 7.63. The number of carbonyl (C=O) groups excluding carboxylic acids is 2. The van der Waals surface area contributed by atoms with E-state index in [1.54, 1.807) is 42.5 Å². The van der Waals surface area contributed by atoms with Gasteiger partial charge >= 0.3 is 5.91 Å². The Morgan fingerprint density at radius 3 is 2.68 bits per heavy atom. The topological polar surface area (TPSA) is 89.0 Å². The lowest BCUT2D eigenvalue weighted by molar-refractivity contribution is -0.132. The van der Waals surface area contributed by atoms with Gasteiger partial charge in [-0.15, -0.1) is 0 Å². The molecule has 37 heavy (non-hydrogen) atoms. The quantitative estimate of drug-likeness (QED) is 0.200. The Morgan fingerprint density at radius 1 is 1.08 bits per heavy atom. The zero-order chi connectivity index (χ0) is 25.7. The van der Waals surface area contributed by atoms with Crippen LogP contribution < -0.4 is 14.4 Å². The van der Waals surface area contributed by atoms with E-state index in [-0.39, 0.29) is 11.3 Å². The largest absolute Gasteiger partial charge is 0.507 e. The number of Topliss-reactive ketones (excluding diaryl/α,β-unsaturated/α-hetero) is 1. The predicted octanol–water partition coefficient (Wildman–Crippen LogP) is 5.91. The highest BCUT2D eigenvalue weighted by molar-refractivity contribution is 7.22. The van der Waals surface area contributed by atoms with Gasteiger partial charge < -0.3 is 14.6 Å². The fraction of sp³-hybridized carbons (Fsp3) is 0.179. The number of ether oxygens (including phenoxy) is 2. The number of halogens is 1. The van der Waals surface area contributed by atoms with E-state index in [1.165, 1.54) is 16.2 Å². The molecular formula is C28H21ClN2O5S. The Bertz CT molecular complexity index is 1610. The lowest BCUT2D eigenvalue weighted by Gasteiger charge is -2.23. The molecule has 0 aliphatic carbocycles. The Morgan fingerprint density at radius 2 is 1.89 bits per heavy atom. The zero-order valence-electron chi connectivity index (χ0n) is 19.7. The fourth-order valence-corrected chi connectivity index (χ4v) is 5.90. The van der Waals surface area contributed by atoms with Gasteiger partial charge in [-0.05, 0) is 60.0 Å². The molecule has 186 valence electrons. The summed E-state index contributed by atoms with van der Waals surface area (Å²) in [5.74, 6) is -0.862. The number of ketones is 1. The van der Waals surface area contributed by atoms with Crippen molar-refractivity contribution in [2.24, 2.45) is 0 Å². The summed E-state index contributed by atoms with van der Waals surface area (Å²) in [6.07, 6.45) is 0.867. The molecule has 7 nitrogen and oxygen atoms in total. The van der Waals surface area contributed by atoms with Crippen LogP contribution in [0.2, 0.25) is 5.02 Å². The summed E-state index contributed by atoms with van der Waals surface area (Å²) < 4.78 is 12.1. The number of anilines is 1. The number of hydrogen-bond donors (Lipinski definition) is 1. The standard InChI is InChI=1S/C28H21ClN2O5S/c1-2-15-6-8-19-22(12-15)37-28(30-19)31-24(16-4-3-5-18(29)13-16)23(26(33)27(31)34)25(32)17-7-9-20-21(14-17)36-11-10-35-20/h3-9,12-14,24,32H,2,10-11H2,1H3/b25-23+. The smallest absolute Gasteiger partial charge is 0.301 e. The molecule has 0 saturated carbocycles. The molecule has 0 radical (unpaired) electrons. The van der Waals surface area contributed by atoms with Gasteiger partial charge in [0.1, 0.15) is 19.0 Å². The van der Waals surface area contributed by atoms with Crippen molar-refractivity contribution in [2.75, 3.05) is 18.1 Å². The minimum atomic E-state index is -0.918. The van der Waals surface area contributed by atoms with E-state index < -0.39 is 17.7 Å². The van der Waals surface area contributed by atoms with Gasteiger partial charge in [0.25, 0.3) is 5.78 Å². The number of hydrogen-bond acceptors (Lipinski definition) is 7. The number of aliphatic hydroxyl groups is 1. The molecule has 1 unspecified atom stereocenters. The Balaban J connectivity index is 1.53. The maximum absolute atomic E-state index is 13.5. The van der Waals surface area contributed by atoms with E-state index in [2.05, 4.69) is 11.9 Å². The van der Waals surface area contributed by atoms with E-state index in [1.807, 2.05) is 18.2 Å². The van der Waals surface area contributed by atoms with E-state index in [0.29, 0.717) is 46.0 Å². The van der Waals surface area contributed by atoms with Gasteiger partial charge in [-0.1, -0.05) is 48.1 Å². The number of amides is 1. The average Bonchev–Trinajstić information content (AvgIpc) is 3.45. The van der Waals surface area contributed by atoms with Crippen LogP contribution in [0.1, 0.15) is 29.7 Å². The van der Waals surface area contributed by atoms with E-state index in [0.717, 1.165) is 22.2 Å². The van der Waals surface area contributed by atoms with Crippen LogP contribution in [0.4, 0.5) is 5.13 Å². The van der Waals surface area contributed by atoms with Crippen molar-refractivity contribution in [3.63, 3.8) is 0 Å². The third kappa shape index (κ3) is 4.02. The number of aromatic nitrogens is 1. The predicted molar refractivity (Wildman–Crippen MR) is 143 cm³/mol. The van der Waals surface area contributed by atoms with Crippen LogP contribution in [-0.4, -0.2) is 35.0 Å². The number of aryl methyl sites for hydroxylation is 1. The van der Waals surface area contributed by atoms with Gasteiger partial charge in [0.05, 0.1) is 21.8 Å². The second kappa shape index (κ2) is 9.21. The molecule has 1 atom stereocenters. The van der Waals surface area contributed by atoms with E-state index in [9.17, 15) is 14.7 Å². The van der Waals surface area contributed by atoms with Gasteiger partial charge in [0.2, 0.25) is 0 Å². The number of fused-ring (bicyclic) bond motifs is 2. The SMILES string of the molecule is CCc1ccc2nc(N3C(=O)C(=O)/C(=C(/O)c4ccc5c(c4)OCCO5)C3c3cccc(Cl)c3)sc2c1. The first kappa shape index (κ1) is 23.5. The molecule has 4 aromatic rings. The third-order valence-corrected chi connectivity index (χ3v) is 7.73. The number of carbonyl (C=O) groups is 2. The highest BCUT2D eigenvalue weighted by Gasteiger charge is 2.48. The second-order valence-corrected chi connectivity index (χ2v) is 10.2. The molecule has 1 aromatic heterocycles. The first-order chi connectivity index (χ1) is 17.9. The molecule has 3 heterocycles. The molecule has 1 amide bonds. The molecule has 0 spiro atoms. The third-order valence-electron chi connectivity index (χ3n) is 6.48. The van der Waals surface area contributed by atoms with Crippen LogP contribution >= 0.6 is 22.9 Å². The zero-order valence-corrected chi connectivity index (χ0v) is 21.3. The number of aliphatic hydroxyl groups excluding tert-OH is 1. The Labute approximate surface area is 221 Å². The Kier molecular flexibility index (Phi) is 5.85. The maximum atomic E-state index is 13.5. The van der Waals surface area contributed by atoms with Crippen molar-refractivity contribution in [2.45, 2.75) is 19.4 Å². The number of nitrogens with zero attached hydrogens (tertiary/aromatic N) is 2. The molecule has 6 rings (SSSR count). The molecule has 0 bridgehead atoms. The van der Waals surface area contributed by atoms with E-state index >= 15 is 0 Å². The summed E-state index contributed by atoms with van der Waals surface area (Å²) in [6.45, 7) is 2.88. The van der Waals surface area contributed by atoms with Crippen molar-refractivity contribution >= 4 is 55.7 Å². The highest BCUT2D eigenvalue weighted by Crippen LogP contribution is 2.45. The van der Waals surface area contributed by atoms with Crippen LogP contribution in [0.25, 0.3) is 16.0 Å². The molecule has 1 fully saturated rings. The molecule has 1 saturated heterocycles. The maximum Gasteiger partial charge on any atom is 0.301 e. The molecule has 9 heteroatoms. The van der Waals surface area contributed by atoms with Gasteiger partial charge in [-0.3, -0.25) is 14.5 Å². The second-order valence-electron chi connectivity index (χ2n) is 8.73. The summed E-state index contributed by atoms with van der Waals surface area (Å²) in [5.41, 5.74) is 2.76. The molecule has 2 aliphatic rings. The number of thiazole rings is 1. The van der Waals surface area contributed by atoms with Crippen molar-refractivity contribution in [1.82, 2.24) is 4.98 Å². The van der Waals surface area contributed by atoms with Crippen molar-refractivity contribution in [1.29, 1.82) is 0 Å². The van der Waals surface area contributed by atoms with E-state index in [4.69, 9.17) is 21.1 Å². The molecular weight excluding hydrogens is 512 g/mol. The first-order valence-corrected chi connectivity index (χ1v) is 13.0. The van der Waals surface area contributed by atoms with Crippen LogP contribution in [0.15, 0.2) is 66.2 Å². The number of rotatable bonds is 4. The number of benzene rings is 3. The van der Waals surface area contributed by atoms with Crippen molar-refractivity contribution < 1.29 is 24.2 Å². The van der Waals surface area contributed by atoms with Gasteiger partial charge in [0, 0.05) is 10.6 Å². The van der Waals surface area contributed by atoms with Crippen molar-refractivity contribution in [3.8, 4) is 11.5 Å². The summed E-state index contributed by atoms with van der Waals surface area (Å²) in [7, 11) is 0. The Hall–Kier alpha value is -3.88. The molecule has 3 aromatic carbocycles. The molecule has 2 aliphatic heterocycles. The van der Waals surface area contributed by atoms with Gasteiger partial charge in [0.15, 0.2) is 16.6 Å². The van der Waals surface area contributed by atoms with Crippen LogP contribution in [0, 0.1) is 0 Å². The minimum Gasteiger partial charge on any atom is -0.507 e. The van der Waals surface area contributed by atoms with Crippen LogP contribution in [0.5, 0.6) is 11.5 Å². The first-order valence-electron chi connectivity index (χ1n) is 11.8.